The second-order valence-electron chi connectivity index (χ2n) is 3.38. The fourth-order valence-corrected chi connectivity index (χ4v) is 0.894. The van der Waals surface area contributed by atoms with E-state index in [9.17, 15) is 9.46 Å². The van der Waals surface area contributed by atoms with E-state index in [1.165, 1.54) is 12.3 Å². The van der Waals surface area contributed by atoms with Gasteiger partial charge in [0.15, 0.2) is 0 Å². The highest BCUT2D eigenvalue weighted by Gasteiger charge is 2.17. The molecule has 0 aliphatic carbocycles. The summed E-state index contributed by atoms with van der Waals surface area (Å²) in [6.45, 7) is 9.40. The highest BCUT2D eigenvalue weighted by molar-refractivity contribution is 7.74. The van der Waals surface area contributed by atoms with Gasteiger partial charge in [0.05, 0.1) is 12.3 Å². The van der Waals surface area contributed by atoms with Crippen LogP contribution in [-0.2, 0) is 13.6 Å². The molecule has 0 saturated heterocycles. The van der Waals surface area contributed by atoms with Crippen molar-refractivity contribution in [1.82, 2.24) is 0 Å². The molecule has 6 heteroatoms. The molecule has 88 valence electrons. The molecule has 0 aromatic rings. The van der Waals surface area contributed by atoms with Crippen LogP contribution in [0.3, 0.4) is 0 Å². The van der Waals surface area contributed by atoms with Gasteiger partial charge in [-0.2, -0.15) is 0 Å². The smallest absolute Gasteiger partial charge is 0.267 e. The highest BCUT2D eigenvalue weighted by Crippen LogP contribution is 2.49. The lowest BCUT2D eigenvalue weighted by Gasteiger charge is -2.16. The van der Waals surface area contributed by atoms with Crippen molar-refractivity contribution >= 4 is 15.1 Å². The largest absolute Gasteiger partial charge is 0.756 e. The standard InChI is InChI=1S/C6H16P.C2H7O4P/c2*1-5-7(3,4)6-2/h5-6H2,1-4H3;1-2H3,(H,3,4)/q+1;/p-1. The number of hydrogen-bond acceptors (Lipinski definition) is 4. The molecule has 0 bridgehead atoms. The number of phosphoric acid groups is 1. The molecule has 0 atom stereocenters. The Morgan fingerprint density at radius 1 is 1.14 bits per heavy atom. The summed E-state index contributed by atoms with van der Waals surface area (Å²) < 4.78 is 17.7. The maximum absolute atomic E-state index is 9.95. The van der Waals surface area contributed by atoms with Crippen LogP contribution in [0, 0.1) is 0 Å². The van der Waals surface area contributed by atoms with Crippen molar-refractivity contribution in [2.45, 2.75) is 13.8 Å². The molecule has 0 aliphatic heterocycles. The quantitative estimate of drug-likeness (QED) is 0.710. The lowest BCUT2D eigenvalue weighted by molar-refractivity contribution is -0.220. The third-order valence-electron chi connectivity index (χ3n) is 2.16. The summed E-state index contributed by atoms with van der Waals surface area (Å²) >= 11 is 0. The third-order valence-corrected chi connectivity index (χ3v) is 6.48. The lowest BCUT2D eigenvalue weighted by Crippen LogP contribution is -2.02. The maximum atomic E-state index is 9.95. The molecule has 0 aliphatic rings. The summed E-state index contributed by atoms with van der Waals surface area (Å²) in [5.41, 5.74) is 0. The van der Waals surface area contributed by atoms with Crippen LogP contribution in [0.5, 0.6) is 0 Å². The maximum Gasteiger partial charge on any atom is 0.267 e. The Hall–Kier alpha value is 0.540. The van der Waals surface area contributed by atoms with Gasteiger partial charge in [-0.3, -0.25) is 4.57 Å². The monoisotopic (exact) mass is 244 g/mol. The van der Waals surface area contributed by atoms with E-state index < -0.39 is 15.1 Å². The van der Waals surface area contributed by atoms with Crippen LogP contribution in [0.2, 0.25) is 0 Å². The Morgan fingerprint density at radius 2 is 1.43 bits per heavy atom. The molecular weight excluding hydrogens is 222 g/mol. The van der Waals surface area contributed by atoms with Crippen molar-refractivity contribution in [1.29, 1.82) is 0 Å². The first-order valence-electron chi connectivity index (χ1n) is 4.49. The summed E-state index contributed by atoms with van der Waals surface area (Å²) in [5.74, 6) is 0. The third kappa shape index (κ3) is 10.6. The normalized spacial score (nSPS) is 11.9. The molecule has 0 saturated carbocycles. The predicted molar refractivity (Wildman–Crippen MR) is 61.5 cm³/mol. The minimum absolute atomic E-state index is 0.404. The van der Waals surface area contributed by atoms with Gasteiger partial charge >= 0.3 is 0 Å². The van der Waals surface area contributed by atoms with E-state index in [1.54, 1.807) is 0 Å². The second kappa shape index (κ2) is 7.78. The van der Waals surface area contributed by atoms with E-state index in [2.05, 4.69) is 36.2 Å². The van der Waals surface area contributed by atoms with Crippen LogP contribution in [0.25, 0.3) is 0 Å². The number of phosphoric ester groups is 1. The van der Waals surface area contributed by atoms with Gasteiger partial charge in [-0.05, 0) is 13.8 Å². The van der Waals surface area contributed by atoms with Gasteiger partial charge in [0.25, 0.3) is 7.82 Å². The molecule has 4 nitrogen and oxygen atoms in total. The fraction of sp³-hybridized carbons (Fsp3) is 1.00. The molecular formula is C8H22O4P2. The molecule has 0 radical (unpaired) electrons. The zero-order chi connectivity index (χ0) is 11.8. The van der Waals surface area contributed by atoms with Crippen molar-refractivity contribution < 1.29 is 18.5 Å². The van der Waals surface area contributed by atoms with Crippen LogP contribution in [0.1, 0.15) is 13.8 Å². The summed E-state index contributed by atoms with van der Waals surface area (Å²) in [6.07, 6.45) is 2.81. The minimum Gasteiger partial charge on any atom is -0.756 e. The predicted octanol–water partition coefficient (Wildman–Crippen LogP) is 2.05. The van der Waals surface area contributed by atoms with Crippen molar-refractivity contribution in [2.24, 2.45) is 0 Å². The Morgan fingerprint density at radius 3 is 1.43 bits per heavy atom. The van der Waals surface area contributed by atoms with Gasteiger partial charge in [-0.15, -0.1) is 0 Å². The molecule has 14 heavy (non-hydrogen) atoms. The Kier molecular flexibility index (Phi) is 9.42. The van der Waals surface area contributed by atoms with Crippen molar-refractivity contribution in [2.75, 3.05) is 39.9 Å². The van der Waals surface area contributed by atoms with E-state index in [4.69, 9.17) is 0 Å². The van der Waals surface area contributed by atoms with E-state index in [0.717, 1.165) is 14.2 Å². The fourth-order valence-electron chi connectivity index (χ4n) is 0.298. The van der Waals surface area contributed by atoms with Crippen LogP contribution >= 0.6 is 15.1 Å². The van der Waals surface area contributed by atoms with Gasteiger partial charge in [0.2, 0.25) is 0 Å². The summed E-state index contributed by atoms with van der Waals surface area (Å²) in [7, 11) is -2.23. The van der Waals surface area contributed by atoms with Crippen LogP contribution in [0.15, 0.2) is 0 Å². The topological polar surface area (TPSA) is 58.6 Å². The molecule has 0 aromatic carbocycles. The van der Waals surface area contributed by atoms with E-state index in [0.29, 0.717) is 0 Å². The number of rotatable bonds is 4. The van der Waals surface area contributed by atoms with Gasteiger partial charge < -0.3 is 13.9 Å². The van der Waals surface area contributed by atoms with E-state index in [1.807, 2.05) is 0 Å². The van der Waals surface area contributed by atoms with E-state index in [-0.39, 0.29) is 0 Å². The van der Waals surface area contributed by atoms with Gasteiger partial charge in [0.1, 0.15) is 0 Å². The molecule has 0 N–H and O–H groups in total. The van der Waals surface area contributed by atoms with Crippen LogP contribution in [-0.4, -0.2) is 39.9 Å². The number of hydrogen-bond donors (Lipinski definition) is 0. The zero-order valence-corrected chi connectivity index (χ0v) is 11.7. The average molecular weight is 244 g/mol. The highest BCUT2D eigenvalue weighted by atomic mass is 31.2. The Balaban J connectivity index is 0. The minimum atomic E-state index is -3.90. The molecule has 0 fully saturated rings. The van der Waals surface area contributed by atoms with Crippen molar-refractivity contribution in [3.8, 4) is 0 Å². The van der Waals surface area contributed by atoms with Crippen molar-refractivity contribution in [3.05, 3.63) is 0 Å². The SMILES string of the molecule is CC[P+](C)(C)CC.COP(=O)([O-])OC. The van der Waals surface area contributed by atoms with Gasteiger partial charge in [0, 0.05) is 34.8 Å². The van der Waals surface area contributed by atoms with Crippen molar-refractivity contribution in [3.63, 3.8) is 0 Å². The Labute approximate surface area is 88.0 Å². The van der Waals surface area contributed by atoms with E-state index >= 15 is 0 Å². The first-order chi connectivity index (χ1) is 6.24. The Bertz CT molecular complexity index is 168. The molecule has 0 unspecified atom stereocenters. The average Bonchev–Trinajstić information content (AvgIpc) is 2.19. The van der Waals surface area contributed by atoms with Gasteiger partial charge in [-0.1, -0.05) is 0 Å². The summed E-state index contributed by atoms with van der Waals surface area (Å²) in [6, 6.07) is 0. The first-order valence-corrected chi connectivity index (χ1v) is 9.00. The zero-order valence-electron chi connectivity index (χ0n) is 9.94. The lowest BCUT2D eigenvalue weighted by atomic mass is 11.0. The molecule has 0 aromatic heterocycles. The second-order valence-corrected chi connectivity index (χ2v) is 10.1. The molecule has 0 amide bonds. The van der Waals surface area contributed by atoms with Crippen LogP contribution < -0.4 is 4.89 Å². The first kappa shape index (κ1) is 17.0. The van der Waals surface area contributed by atoms with Crippen LogP contribution in [0.4, 0.5) is 0 Å². The van der Waals surface area contributed by atoms with Gasteiger partial charge in [-0.25, -0.2) is 0 Å². The molecule has 0 heterocycles. The summed E-state index contributed by atoms with van der Waals surface area (Å²) in [5, 5.41) is 0. The molecule has 0 rings (SSSR count). The summed E-state index contributed by atoms with van der Waals surface area (Å²) in [4.78, 5) is 9.95. The molecule has 0 spiro atoms.